The Kier molecular flexibility index (Phi) is 4.20. The molecule has 0 aliphatic carbocycles. The molecule has 1 atom stereocenters. The molecule has 1 aromatic heterocycles. The minimum Gasteiger partial charge on any atom is -0.321 e. The van der Waals surface area contributed by atoms with Crippen LogP contribution in [0.15, 0.2) is 53.3 Å². The summed E-state index contributed by atoms with van der Waals surface area (Å²) in [6.07, 6.45) is 0. The lowest BCUT2D eigenvalue weighted by Crippen LogP contribution is -2.30. The van der Waals surface area contributed by atoms with E-state index in [0.29, 0.717) is 21.7 Å². The molecule has 4 nitrogen and oxygen atoms in total. The Bertz CT molecular complexity index is 903. The third-order valence-corrected chi connectivity index (χ3v) is 4.12. The maximum atomic E-state index is 13.0. The normalized spacial score (nSPS) is 12.7. The van der Waals surface area contributed by atoms with E-state index in [9.17, 15) is 4.79 Å². The van der Waals surface area contributed by atoms with Crippen LogP contribution < -0.4 is 11.3 Å². The molecule has 0 bridgehead atoms. The number of fused-ring (bicyclic) bond motifs is 1. The van der Waals surface area contributed by atoms with Crippen LogP contribution in [0.2, 0.25) is 5.02 Å². The highest BCUT2D eigenvalue weighted by Gasteiger charge is 2.20. The van der Waals surface area contributed by atoms with E-state index in [1.807, 2.05) is 44.2 Å². The van der Waals surface area contributed by atoms with Crippen molar-refractivity contribution in [3.63, 3.8) is 0 Å². The van der Waals surface area contributed by atoms with Crippen molar-refractivity contribution < 1.29 is 0 Å². The highest BCUT2D eigenvalue weighted by atomic mass is 35.5. The lowest BCUT2D eigenvalue weighted by atomic mass is 10.0. The molecule has 0 saturated heterocycles. The zero-order chi connectivity index (χ0) is 16.6. The number of benzene rings is 2. The van der Waals surface area contributed by atoms with Crippen molar-refractivity contribution in [1.82, 2.24) is 9.55 Å². The number of rotatable bonds is 3. The lowest BCUT2D eigenvalue weighted by molar-refractivity contribution is 0.480. The highest BCUT2D eigenvalue weighted by Crippen LogP contribution is 2.23. The topological polar surface area (TPSA) is 60.9 Å². The molecular formula is C18H18ClN3O. The van der Waals surface area contributed by atoms with E-state index >= 15 is 0 Å². The number of nitrogens with two attached hydrogens (primary N) is 1. The highest BCUT2D eigenvalue weighted by molar-refractivity contribution is 6.31. The maximum absolute atomic E-state index is 13.0. The van der Waals surface area contributed by atoms with Crippen LogP contribution in [-0.2, 0) is 0 Å². The summed E-state index contributed by atoms with van der Waals surface area (Å²) in [5.41, 5.74) is 7.51. The van der Waals surface area contributed by atoms with Crippen LogP contribution in [0.25, 0.3) is 16.6 Å². The second-order valence-corrected chi connectivity index (χ2v) is 6.31. The van der Waals surface area contributed by atoms with Crippen LogP contribution >= 0.6 is 11.6 Å². The van der Waals surface area contributed by atoms with E-state index in [1.54, 1.807) is 22.8 Å². The molecule has 2 aromatic carbocycles. The quantitative estimate of drug-likeness (QED) is 0.798. The zero-order valence-electron chi connectivity index (χ0n) is 13.0. The van der Waals surface area contributed by atoms with Crippen molar-refractivity contribution in [2.75, 3.05) is 0 Å². The van der Waals surface area contributed by atoms with Crippen molar-refractivity contribution in [3.05, 3.63) is 69.7 Å². The summed E-state index contributed by atoms with van der Waals surface area (Å²) in [5.74, 6) is 0.694. The molecule has 0 amide bonds. The molecule has 23 heavy (non-hydrogen) atoms. The van der Waals surface area contributed by atoms with E-state index < -0.39 is 0 Å². The molecule has 0 fully saturated rings. The largest absolute Gasteiger partial charge is 0.321 e. The summed E-state index contributed by atoms with van der Waals surface area (Å²) in [4.78, 5) is 17.7. The Morgan fingerprint density at radius 3 is 2.48 bits per heavy atom. The third-order valence-electron chi connectivity index (χ3n) is 3.89. The lowest BCUT2D eigenvalue weighted by Gasteiger charge is -2.21. The average Bonchev–Trinajstić information content (AvgIpc) is 2.54. The molecule has 0 radical (unpaired) electrons. The first kappa shape index (κ1) is 15.7. The predicted octanol–water partition coefficient (Wildman–Crippen LogP) is 3.69. The molecule has 0 aliphatic rings. The summed E-state index contributed by atoms with van der Waals surface area (Å²) in [6, 6.07) is 14.2. The Morgan fingerprint density at radius 1 is 1.13 bits per heavy atom. The van der Waals surface area contributed by atoms with Crippen molar-refractivity contribution in [2.24, 2.45) is 11.7 Å². The van der Waals surface area contributed by atoms with Crippen LogP contribution in [0.5, 0.6) is 0 Å². The number of hydrogen-bond donors (Lipinski definition) is 1. The van der Waals surface area contributed by atoms with Crippen molar-refractivity contribution in [3.8, 4) is 5.69 Å². The van der Waals surface area contributed by atoms with E-state index in [2.05, 4.69) is 4.98 Å². The summed E-state index contributed by atoms with van der Waals surface area (Å²) >= 11 is 6.04. The van der Waals surface area contributed by atoms with Crippen LogP contribution in [0.1, 0.15) is 25.7 Å². The summed E-state index contributed by atoms with van der Waals surface area (Å²) in [6.45, 7) is 4.02. The Hall–Kier alpha value is -2.17. The Labute approximate surface area is 139 Å². The molecule has 0 spiro atoms. The Balaban J connectivity index is 2.40. The van der Waals surface area contributed by atoms with Gasteiger partial charge in [0.2, 0.25) is 0 Å². The second kappa shape index (κ2) is 6.14. The van der Waals surface area contributed by atoms with Gasteiger partial charge in [-0.3, -0.25) is 9.36 Å². The van der Waals surface area contributed by atoms with Crippen molar-refractivity contribution in [1.29, 1.82) is 0 Å². The zero-order valence-corrected chi connectivity index (χ0v) is 13.8. The summed E-state index contributed by atoms with van der Waals surface area (Å²) < 4.78 is 1.60. The predicted molar refractivity (Wildman–Crippen MR) is 94.1 cm³/mol. The number of halogens is 1. The van der Waals surface area contributed by atoms with Gasteiger partial charge in [-0.25, -0.2) is 4.98 Å². The first-order chi connectivity index (χ1) is 11.0. The first-order valence-electron chi connectivity index (χ1n) is 7.52. The minimum atomic E-state index is -0.355. The number of para-hydroxylation sites is 1. The fraction of sp³-hybridized carbons (Fsp3) is 0.222. The standard InChI is InChI=1S/C18H18ClN3O/c1-11(2)16(20)17-21-15-10-12(19)8-9-14(15)18(23)22(17)13-6-4-3-5-7-13/h3-11,16H,20H2,1-2H3/t16-/m0/s1. The molecule has 0 unspecified atom stereocenters. The van der Waals surface area contributed by atoms with Gasteiger partial charge in [0.05, 0.1) is 22.6 Å². The van der Waals surface area contributed by atoms with Gasteiger partial charge in [0.15, 0.2) is 0 Å². The van der Waals surface area contributed by atoms with Crippen LogP contribution in [0.4, 0.5) is 0 Å². The number of nitrogens with zero attached hydrogens (tertiary/aromatic N) is 2. The maximum Gasteiger partial charge on any atom is 0.266 e. The molecule has 0 saturated carbocycles. The van der Waals surface area contributed by atoms with Crippen molar-refractivity contribution in [2.45, 2.75) is 19.9 Å². The second-order valence-electron chi connectivity index (χ2n) is 5.88. The summed E-state index contributed by atoms with van der Waals surface area (Å²) in [7, 11) is 0. The minimum absolute atomic E-state index is 0.135. The van der Waals surface area contributed by atoms with E-state index in [0.717, 1.165) is 5.69 Å². The van der Waals surface area contributed by atoms with Gasteiger partial charge in [0.25, 0.3) is 5.56 Å². The van der Waals surface area contributed by atoms with Gasteiger partial charge < -0.3 is 5.73 Å². The molecular weight excluding hydrogens is 310 g/mol. The molecule has 0 aliphatic heterocycles. The van der Waals surface area contributed by atoms with E-state index in [4.69, 9.17) is 17.3 Å². The average molecular weight is 328 g/mol. The fourth-order valence-electron chi connectivity index (χ4n) is 2.52. The number of aromatic nitrogens is 2. The monoisotopic (exact) mass is 327 g/mol. The smallest absolute Gasteiger partial charge is 0.266 e. The van der Waals surface area contributed by atoms with Gasteiger partial charge in [-0.2, -0.15) is 0 Å². The van der Waals surface area contributed by atoms with Gasteiger partial charge >= 0.3 is 0 Å². The molecule has 5 heteroatoms. The van der Waals surface area contributed by atoms with Crippen molar-refractivity contribution >= 4 is 22.5 Å². The first-order valence-corrected chi connectivity index (χ1v) is 7.90. The third kappa shape index (κ3) is 2.87. The van der Waals surface area contributed by atoms with E-state index in [1.165, 1.54) is 0 Å². The molecule has 3 rings (SSSR count). The van der Waals surface area contributed by atoms with Gasteiger partial charge in [-0.1, -0.05) is 43.6 Å². The SMILES string of the molecule is CC(C)[C@H](N)c1nc2cc(Cl)ccc2c(=O)n1-c1ccccc1. The molecule has 2 N–H and O–H groups in total. The molecule has 3 aromatic rings. The van der Waals surface area contributed by atoms with Crippen LogP contribution in [-0.4, -0.2) is 9.55 Å². The van der Waals surface area contributed by atoms with Crippen LogP contribution in [0, 0.1) is 5.92 Å². The van der Waals surface area contributed by atoms with Crippen LogP contribution in [0.3, 0.4) is 0 Å². The molecule has 1 heterocycles. The fourth-order valence-corrected chi connectivity index (χ4v) is 2.69. The van der Waals surface area contributed by atoms with Gasteiger partial charge in [-0.15, -0.1) is 0 Å². The Morgan fingerprint density at radius 2 is 1.83 bits per heavy atom. The molecule has 118 valence electrons. The van der Waals surface area contributed by atoms with E-state index in [-0.39, 0.29) is 17.5 Å². The van der Waals surface area contributed by atoms with Gasteiger partial charge in [0, 0.05) is 5.02 Å². The summed E-state index contributed by atoms with van der Waals surface area (Å²) in [5, 5.41) is 1.07. The van der Waals surface area contributed by atoms with Gasteiger partial charge in [0.1, 0.15) is 5.82 Å². The number of hydrogen-bond acceptors (Lipinski definition) is 3. The van der Waals surface area contributed by atoms with Gasteiger partial charge in [-0.05, 0) is 36.2 Å².